The molecule has 20 heavy (non-hydrogen) atoms. The van der Waals surface area contributed by atoms with Crippen LogP contribution in [-0.4, -0.2) is 42.4 Å². The van der Waals surface area contributed by atoms with Gasteiger partial charge in [-0.3, -0.25) is 4.79 Å². The van der Waals surface area contributed by atoms with Crippen molar-refractivity contribution < 1.29 is 14.6 Å². The Hall–Kier alpha value is -1.59. The molecule has 1 atom stereocenters. The Balaban J connectivity index is 2.14. The lowest BCUT2D eigenvalue weighted by Crippen LogP contribution is -2.46. The van der Waals surface area contributed by atoms with Crippen molar-refractivity contribution in [1.82, 2.24) is 10.6 Å². The van der Waals surface area contributed by atoms with Gasteiger partial charge in [-0.25, -0.2) is 0 Å². The number of aliphatic hydroxyl groups excluding tert-OH is 1. The number of carbonyl (C=O) groups excluding carboxylic acids is 1. The number of benzene rings is 1. The zero-order valence-corrected chi connectivity index (χ0v) is 12.3. The van der Waals surface area contributed by atoms with Crippen LogP contribution in [0.2, 0.25) is 0 Å². The number of hydrogen-bond acceptors (Lipinski definition) is 4. The van der Waals surface area contributed by atoms with E-state index in [9.17, 15) is 9.90 Å². The van der Waals surface area contributed by atoms with Crippen LogP contribution in [0.1, 0.15) is 20.8 Å². The van der Waals surface area contributed by atoms with Crippen LogP contribution in [0, 0.1) is 0 Å². The summed E-state index contributed by atoms with van der Waals surface area (Å²) < 4.78 is 5.42. The predicted molar refractivity (Wildman–Crippen MR) is 78.7 cm³/mol. The molecule has 112 valence electrons. The van der Waals surface area contributed by atoms with E-state index in [1.807, 2.05) is 51.1 Å². The van der Waals surface area contributed by atoms with Gasteiger partial charge in [0.1, 0.15) is 18.5 Å². The molecule has 0 aliphatic rings. The summed E-state index contributed by atoms with van der Waals surface area (Å²) in [4.78, 5) is 11.5. The largest absolute Gasteiger partial charge is 0.491 e. The van der Waals surface area contributed by atoms with E-state index in [0.29, 0.717) is 6.54 Å². The highest BCUT2D eigenvalue weighted by Crippen LogP contribution is 2.08. The Labute approximate surface area is 120 Å². The summed E-state index contributed by atoms with van der Waals surface area (Å²) in [7, 11) is 0. The number of aliphatic hydroxyl groups is 1. The maximum absolute atomic E-state index is 11.5. The van der Waals surface area contributed by atoms with Crippen molar-refractivity contribution in [2.24, 2.45) is 0 Å². The summed E-state index contributed by atoms with van der Waals surface area (Å²) in [6.07, 6.45) is -0.655. The molecule has 0 heterocycles. The number of rotatable bonds is 7. The monoisotopic (exact) mass is 280 g/mol. The molecule has 1 rings (SSSR count). The molecule has 0 aliphatic carbocycles. The molecule has 0 aliphatic heterocycles. The third-order valence-electron chi connectivity index (χ3n) is 2.37. The first kappa shape index (κ1) is 16.5. The third kappa shape index (κ3) is 7.76. The van der Waals surface area contributed by atoms with Crippen molar-refractivity contribution in [3.8, 4) is 5.75 Å². The maximum Gasteiger partial charge on any atom is 0.234 e. The molecule has 5 nitrogen and oxygen atoms in total. The fourth-order valence-electron chi connectivity index (χ4n) is 1.58. The quantitative estimate of drug-likeness (QED) is 0.695. The Morgan fingerprint density at radius 3 is 2.55 bits per heavy atom. The van der Waals surface area contributed by atoms with E-state index in [1.165, 1.54) is 0 Å². The average molecular weight is 280 g/mol. The molecule has 0 spiro atoms. The highest BCUT2D eigenvalue weighted by Gasteiger charge is 2.13. The van der Waals surface area contributed by atoms with Crippen LogP contribution < -0.4 is 15.4 Å². The molecule has 0 bridgehead atoms. The minimum Gasteiger partial charge on any atom is -0.491 e. The smallest absolute Gasteiger partial charge is 0.234 e. The third-order valence-corrected chi connectivity index (χ3v) is 2.37. The number of para-hydroxylation sites is 1. The van der Waals surface area contributed by atoms with Crippen LogP contribution in [0.3, 0.4) is 0 Å². The standard InChI is InChI=1S/C15H24N2O3/c1-15(2,3)17-14(19)10-16-9-12(18)11-20-13-7-5-4-6-8-13/h4-8,12,16,18H,9-11H2,1-3H3,(H,17,19). The van der Waals surface area contributed by atoms with E-state index in [4.69, 9.17) is 4.74 Å². The van der Waals surface area contributed by atoms with Gasteiger partial charge in [0, 0.05) is 12.1 Å². The Morgan fingerprint density at radius 1 is 1.30 bits per heavy atom. The minimum atomic E-state index is -0.655. The molecule has 0 radical (unpaired) electrons. The van der Waals surface area contributed by atoms with Gasteiger partial charge in [0.2, 0.25) is 5.91 Å². The second-order valence-electron chi connectivity index (χ2n) is 5.71. The number of nitrogens with one attached hydrogen (secondary N) is 2. The van der Waals surface area contributed by atoms with Crippen molar-refractivity contribution in [1.29, 1.82) is 0 Å². The normalized spacial score (nSPS) is 12.8. The fraction of sp³-hybridized carbons (Fsp3) is 0.533. The molecule has 1 aromatic carbocycles. The second-order valence-corrected chi connectivity index (χ2v) is 5.71. The first-order chi connectivity index (χ1) is 9.37. The molecular weight excluding hydrogens is 256 g/mol. The van der Waals surface area contributed by atoms with Gasteiger partial charge in [-0.1, -0.05) is 18.2 Å². The van der Waals surface area contributed by atoms with Gasteiger partial charge in [-0.2, -0.15) is 0 Å². The number of carbonyl (C=O) groups is 1. The lowest BCUT2D eigenvalue weighted by Gasteiger charge is -2.21. The molecule has 3 N–H and O–H groups in total. The van der Waals surface area contributed by atoms with E-state index in [-0.39, 0.29) is 24.6 Å². The maximum atomic E-state index is 11.5. The summed E-state index contributed by atoms with van der Waals surface area (Å²) in [5.41, 5.74) is -0.242. The lowest BCUT2D eigenvalue weighted by molar-refractivity contribution is -0.121. The summed E-state index contributed by atoms with van der Waals surface area (Å²) in [5.74, 6) is 0.630. The molecule has 1 unspecified atom stereocenters. The van der Waals surface area contributed by atoms with E-state index < -0.39 is 6.10 Å². The Kier molecular flexibility index (Phi) is 6.48. The van der Waals surface area contributed by atoms with Crippen LogP contribution in [0.15, 0.2) is 30.3 Å². The van der Waals surface area contributed by atoms with E-state index in [0.717, 1.165) is 5.75 Å². The van der Waals surface area contributed by atoms with Gasteiger partial charge in [0.25, 0.3) is 0 Å². The van der Waals surface area contributed by atoms with Crippen LogP contribution >= 0.6 is 0 Å². The molecule has 0 aromatic heterocycles. The van der Waals surface area contributed by atoms with Crippen LogP contribution in [-0.2, 0) is 4.79 Å². The summed E-state index contributed by atoms with van der Waals surface area (Å²) in [5, 5.41) is 15.5. The SMILES string of the molecule is CC(C)(C)NC(=O)CNCC(O)COc1ccccc1. The number of amides is 1. The van der Waals surface area contributed by atoms with Crippen molar-refractivity contribution in [2.75, 3.05) is 19.7 Å². The van der Waals surface area contributed by atoms with Crippen molar-refractivity contribution in [3.05, 3.63) is 30.3 Å². The lowest BCUT2D eigenvalue weighted by atomic mass is 10.1. The number of ether oxygens (including phenoxy) is 1. The van der Waals surface area contributed by atoms with E-state index >= 15 is 0 Å². The fourth-order valence-corrected chi connectivity index (χ4v) is 1.58. The molecule has 1 aromatic rings. The van der Waals surface area contributed by atoms with Crippen molar-refractivity contribution in [3.63, 3.8) is 0 Å². The first-order valence-electron chi connectivity index (χ1n) is 6.74. The van der Waals surface area contributed by atoms with Gasteiger partial charge in [-0.05, 0) is 32.9 Å². The van der Waals surface area contributed by atoms with Gasteiger partial charge < -0.3 is 20.5 Å². The summed E-state index contributed by atoms with van der Waals surface area (Å²) in [6.45, 7) is 6.45. The van der Waals surface area contributed by atoms with Crippen LogP contribution in [0.25, 0.3) is 0 Å². The second kappa shape index (κ2) is 7.87. The molecule has 5 heteroatoms. The molecule has 0 saturated heterocycles. The summed E-state index contributed by atoms with van der Waals surface area (Å²) in [6, 6.07) is 9.31. The Morgan fingerprint density at radius 2 is 1.95 bits per heavy atom. The van der Waals surface area contributed by atoms with Gasteiger partial charge in [0.05, 0.1) is 6.54 Å². The van der Waals surface area contributed by atoms with Gasteiger partial charge in [-0.15, -0.1) is 0 Å². The molecule has 0 saturated carbocycles. The zero-order valence-electron chi connectivity index (χ0n) is 12.3. The van der Waals surface area contributed by atoms with Crippen LogP contribution in [0.5, 0.6) is 5.75 Å². The first-order valence-corrected chi connectivity index (χ1v) is 6.74. The highest BCUT2D eigenvalue weighted by atomic mass is 16.5. The van der Waals surface area contributed by atoms with Gasteiger partial charge in [0.15, 0.2) is 0 Å². The van der Waals surface area contributed by atoms with Crippen molar-refractivity contribution >= 4 is 5.91 Å². The van der Waals surface area contributed by atoms with Gasteiger partial charge >= 0.3 is 0 Å². The molecule has 0 fully saturated rings. The predicted octanol–water partition coefficient (Wildman–Crippen LogP) is 0.931. The van der Waals surface area contributed by atoms with E-state index in [1.54, 1.807) is 0 Å². The molecule has 1 amide bonds. The average Bonchev–Trinajstić information content (AvgIpc) is 2.35. The Bertz CT molecular complexity index is 401. The zero-order chi connectivity index (χ0) is 15.0. The number of hydrogen-bond donors (Lipinski definition) is 3. The minimum absolute atomic E-state index is 0.0892. The topological polar surface area (TPSA) is 70.6 Å². The highest BCUT2D eigenvalue weighted by molar-refractivity contribution is 5.78. The molecular formula is C15H24N2O3. The van der Waals surface area contributed by atoms with Crippen LogP contribution in [0.4, 0.5) is 0 Å². The van der Waals surface area contributed by atoms with E-state index in [2.05, 4.69) is 10.6 Å². The summed E-state index contributed by atoms with van der Waals surface area (Å²) >= 11 is 0. The van der Waals surface area contributed by atoms with Crippen molar-refractivity contribution in [2.45, 2.75) is 32.4 Å².